The Bertz CT molecular complexity index is 191. The Kier molecular flexibility index (Phi) is 2.08. The molecule has 0 saturated heterocycles. The molecule has 1 atom stereocenters. The van der Waals surface area contributed by atoms with Crippen LogP contribution in [0.1, 0.15) is 12.5 Å². The van der Waals surface area contributed by atoms with Crippen LogP contribution in [0.4, 0.5) is 0 Å². The normalized spacial score (nSPS) is 16.7. The Hall–Kier alpha value is -0.380. The minimum absolute atomic E-state index is 0.232. The Labute approximate surface area is 63.8 Å². The molecule has 1 aromatic heterocycles. The van der Waals surface area contributed by atoms with E-state index in [0.29, 0.717) is 0 Å². The van der Waals surface area contributed by atoms with Gasteiger partial charge in [-0.3, -0.25) is 0 Å². The molecule has 1 rings (SSSR count). The molecule has 1 aromatic rings. The van der Waals surface area contributed by atoms with Crippen molar-refractivity contribution < 1.29 is 10.2 Å². The molecule has 0 radical (unpaired) electrons. The molecule has 56 valence electrons. The number of aliphatic hydroxyl groups excluding tert-OH is 1. The van der Waals surface area contributed by atoms with Crippen LogP contribution in [-0.4, -0.2) is 16.8 Å². The van der Waals surface area contributed by atoms with E-state index in [1.54, 1.807) is 13.0 Å². The number of hydrogen-bond acceptors (Lipinski definition) is 3. The summed E-state index contributed by atoms with van der Waals surface area (Å²) < 4.78 is 0. The van der Waals surface area contributed by atoms with Crippen LogP contribution in [0.3, 0.4) is 0 Å². The van der Waals surface area contributed by atoms with Gasteiger partial charge in [-0.05, 0) is 29.3 Å². The van der Waals surface area contributed by atoms with Crippen molar-refractivity contribution >= 4 is 11.3 Å². The van der Waals surface area contributed by atoms with Crippen LogP contribution in [0.5, 0.6) is 0 Å². The van der Waals surface area contributed by atoms with Crippen LogP contribution in [0.25, 0.3) is 0 Å². The summed E-state index contributed by atoms with van der Waals surface area (Å²) in [6, 6.07) is 1.81. The topological polar surface area (TPSA) is 40.5 Å². The molecule has 0 bridgehead atoms. The molecule has 0 unspecified atom stereocenters. The van der Waals surface area contributed by atoms with Crippen molar-refractivity contribution in [2.24, 2.45) is 0 Å². The van der Waals surface area contributed by atoms with Crippen molar-refractivity contribution in [3.8, 4) is 0 Å². The van der Waals surface area contributed by atoms with Gasteiger partial charge in [0.05, 0.1) is 6.61 Å². The van der Waals surface area contributed by atoms with E-state index in [2.05, 4.69) is 0 Å². The first-order chi connectivity index (χ1) is 4.67. The summed E-state index contributed by atoms with van der Waals surface area (Å²) in [5, 5.41) is 21.9. The maximum absolute atomic E-state index is 9.44. The fourth-order valence-electron chi connectivity index (χ4n) is 0.662. The van der Waals surface area contributed by atoms with Gasteiger partial charge in [0.25, 0.3) is 0 Å². The minimum atomic E-state index is -1.07. The first-order valence-electron chi connectivity index (χ1n) is 3.03. The monoisotopic (exact) mass is 158 g/mol. The van der Waals surface area contributed by atoms with Gasteiger partial charge in [0.1, 0.15) is 5.60 Å². The molecule has 0 aliphatic heterocycles. The van der Waals surface area contributed by atoms with Crippen molar-refractivity contribution in [1.82, 2.24) is 0 Å². The minimum Gasteiger partial charge on any atom is -0.393 e. The van der Waals surface area contributed by atoms with E-state index in [9.17, 15) is 5.11 Å². The molecule has 1 heterocycles. The number of rotatable bonds is 2. The smallest absolute Gasteiger partial charge is 0.111 e. The van der Waals surface area contributed by atoms with Crippen LogP contribution < -0.4 is 0 Å². The van der Waals surface area contributed by atoms with Crippen molar-refractivity contribution in [3.05, 3.63) is 22.4 Å². The van der Waals surface area contributed by atoms with Crippen molar-refractivity contribution in [2.45, 2.75) is 12.5 Å². The zero-order valence-electron chi connectivity index (χ0n) is 5.74. The Balaban J connectivity index is 2.85. The highest BCUT2D eigenvalue weighted by molar-refractivity contribution is 7.08. The van der Waals surface area contributed by atoms with Gasteiger partial charge in [-0.25, -0.2) is 0 Å². The van der Waals surface area contributed by atoms with Gasteiger partial charge in [0.2, 0.25) is 0 Å². The van der Waals surface area contributed by atoms with E-state index in [1.165, 1.54) is 11.3 Å². The summed E-state index contributed by atoms with van der Waals surface area (Å²) in [5.41, 5.74) is -0.292. The van der Waals surface area contributed by atoms with Gasteiger partial charge in [0.15, 0.2) is 0 Å². The number of hydrogen-bond donors (Lipinski definition) is 2. The molecule has 0 amide bonds. The van der Waals surface area contributed by atoms with Crippen LogP contribution in [-0.2, 0) is 5.60 Å². The van der Waals surface area contributed by atoms with Crippen LogP contribution in [0.2, 0.25) is 0 Å². The van der Waals surface area contributed by atoms with Crippen molar-refractivity contribution in [2.75, 3.05) is 6.61 Å². The molecule has 2 nitrogen and oxygen atoms in total. The molecule has 0 aliphatic carbocycles. The molecule has 0 spiro atoms. The predicted octanol–water partition coefficient (Wildman–Crippen LogP) is 0.948. The third kappa shape index (κ3) is 1.37. The Morgan fingerprint density at radius 3 is 2.80 bits per heavy atom. The zero-order valence-corrected chi connectivity index (χ0v) is 6.56. The SMILES string of the molecule is C[C@](O)(CO)c1ccsc1. The Morgan fingerprint density at radius 1 is 1.70 bits per heavy atom. The average molecular weight is 158 g/mol. The molecule has 3 heteroatoms. The molecule has 0 fully saturated rings. The molecule has 10 heavy (non-hydrogen) atoms. The fraction of sp³-hybridized carbons (Fsp3) is 0.429. The van der Waals surface area contributed by atoms with Gasteiger partial charge in [-0.1, -0.05) is 0 Å². The quantitative estimate of drug-likeness (QED) is 0.672. The van der Waals surface area contributed by atoms with Crippen LogP contribution in [0, 0.1) is 0 Å². The molecule has 0 aromatic carbocycles. The second-order valence-electron chi connectivity index (χ2n) is 2.44. The predicted molar refractivity (Wildman–Crippen MR) is 41.0 cm³/mol. The van der Waals surface area contributed by atoms with E-state index in [1.807, 2.05) is 10.8 Å². The third-order valence-corrected chi connectivity index (χ3v) is 2.13. The lowest BCUT2D eigenvalue weighted by molar-refractivity contribution is -0.00193. The van der Waals surface area contributed by atoms with E-state index in [-0.39, 0.29) is 6.61 Å². The van der Waals surface area contributed by atoms with Gasteiger partial charge >= 0.3 is 0 Å². The van der Waals surface area contributed by atoms with E-state index >= 15 is 0 Å². The maximum Gasteiger partial charge on any atom is 0.111 e. The fourth-order valence-corrected chi connectivity index (χ4v) is 1.45. The van der Waals surface area contributed by atoms with Crippen molar-refractivity contribution in [1.29, 1.82) is 0 Å². The standard InChI is InChI=1S/C7H10O2S/c1-7(9,5-8)6-2-3-10-4-6/h2-4,8-9H,5H2,1H3/t7-/m0/s1. The first kappa shape index (κ1) is 7.72. The second-order valence-corrected chi connectivity index (χ2v) is 3.22. The summed E-state index contributed by atoms with van der Waals surface area (Å²) in [6.07, 6.45) is 0. The maximum atomic E-state index is 9.44. The van der Waals surface area contributed by atoms with E-state index in [0.717, 1.165) is 5.56 Å². The number of aliphatic hydroxyl groups is 2. The number of thiophene rings is 1. The van der Waals surface area contributed by atoms with Crippen LogP contribution in [0.15, 0.2) is 16.8 Å². The zero-order chi connectivity index (χ0) is 7.61. The summed E-state index contributed by atoms with van der Waals surface area (Å²) in [7, 11) is 0. The van der Waals surface area contributed by atoms with Crippen LogP contribution >= 0.6 is 11.3 Å². The third-order valence-electron chi connectivity index (χ3n) is 1.45. The van der Waals surface area contributed by atoms with E-state index in [4.69, 9.17) is 5.11 Å². The highest BCUT2D eigenvalue weighted by atomic mass is 32.1. The highest BCUT2D eigenvalue weighted by Crippen LogP contribution is 2.21. The van der Waals surface area contributed by atoms with Gasteiger partial charge < -0.3 is 10.2 Å². The average Bonchev–Trinajstić information content (AvgIpc) is 2.38. The largest absolute Gasteiger partial charge is 0.393 e. The van der Waals surface area contributed by atoms with Gasteiger partial charge in [0, 0.05) is 0 Å². The molecule has 0 saturated carbocycles. The first-order valence-corrected chi connectivity index (χ1v) is 3.97. The van der Waals surface area contributed by atoms with E-state index < -0.39 is 5.60 Å². The lowest BCUT2D eigenvalue weighted by Gasteiger charge is -2.18. The molecular formula is C7H10O2S. The lowest BCUT2D eigenvalue weighted by atomic mass is 10.0. The lowest BCUT2D eigenvalue weighted by Crippen LogP contribution is -2.24. The molecule has 0 aliphatic rings. The summed E-state index contributed by atoms with van der Waals surface area (Å²) in [4.78, 5) is 0. The van der Waals surface area contributed by atoms with Gasteiger partial charge in [-0.2, -0.15) is 11.3 Å². The molecule has 2 N–H and O–H groups in total. The summed E-state index contributed by atoms with van der Waals surface area (Å²) in [5.74, 6) is 0. The molecular weight excluding hydrogens is 148 g/mol. The Morgan fingerprint density at radius 2 is 2.40 bits per heavy atom. The highest BCUT2D eigenvalue weighted by Gasteiger charge is 2.21. The summed E-state index contributed by atoms with van der Waals surface area (Å²) in [6.45, 7) is 1.36. The van der Waals surface area contributed by atoms with Crippen molar-refractivity contribution in [3.63, 3.8) is 0 Å². The second kappa shape index (κ2) is 2.70. The van der Waals surface area contributed by atoms with Gasteiger partial charge in [-0.15, -0.1) is 0 Å². The summed E-state index contributed by atoms with van der Waals surface area (Å²) >= 11 is 1.51.